The summed E-state index contributed by atoms with van der Waals surface area (Å²) in [5.41, 5.74) is 3.97. The Morgan fingerprint density at radius 2 is 1.42 bits per heavy atom. The molecule has 2 unspecified atom stereocenters. The van der Waals surface area contributed by atoms with Gasteiger partial charge in [-0.2, -0.15) is 0 Å². The van der Waals surface area contributed by atoms with Gasteiger partial charge in [-0.15, -0.1) is 0 Å². The molecule has 0 saturated heterocycles. The highest BCUT2D eigenvalue weighted by atomic mass is 16.5. The van der Waals surface area contributed by atoms with E-state index in [0.29, 0.717) is 29.3 Å². The van der Waals surface area contributed by atoms with E-state index < -0.39 is 6.10 Å². The Morgan fingerprint density at radius 1 is 0.818 bits per heavy atom. The van der Waals surface area contributed by atoms with Crippen LogP contribution in [0, 0.1) is 6.92 Å². The van der Waals surface area contributed by atoms with Crippen LogP contribution in [0.3, 0.4) is 0 Å². The van der Waals surface area contributed by atoms with Gasteiger partial charge in [0.2, 0.25) is 0 Å². The SMILES string of the molecule is CCC(Oc1ccccc1C(C)CC)C(=O)Nc1ccc(NC(=O)c2ccccc2C)cc1. The first-order valence-electron chi connectivity index (χ1n) is 11.5. The Kier molecular flexibility index (Phi) is 8.25. The molecule has 0 saturated carbocycles. The summed E-state index contributed by atoms with van der Waals surface area (Å²) < 4.78 is 6.12. The second-order valence-electron chi connectivity index (χ2n) is 8.20. The number of carbonyl (C=O) groups excluding carboxylic acids is 2. The van der Waals surface area contributed by atoms with Crippen LogP contribution in [0.1, 0.15) is 61.0 Å². The summed E-state index contributed by atoms with van der Waals surface area (Å²) in [6.07, 6.45) is 0.942. The zero-order chi connectivity index (χ0) is 23.8. The first-order valence-corrected chi connectivity index (χ1v) is 11.5. The van der Waals surface area contributed by atoms with Crippen molar-refractivity contribution in [3.05, 3.63) is 89.5 Å². The van der Waals surface area contributed by atoms with Crippen molar-refractivity contribution in [1.82, 2.24) is 0 Å². The van der Waals surface area contributed by atoms with Gasteiger partial charge < -0.3 is 15.4 Å². The van der Waals surface area contributed by atoms with Crippen LogP contribution in [0.15, 0.2) is 72.8 Å². The molecule has 0 aliphatic heterocycles. The highest BCUT2D eigenvalue weighted by molar-refractivity contribution is 6.05. The normalized spacial score (nSPS) is 12.5. The molecule has 5 nitrogen and oxygen atoms in total. The highest BCUT2D eigenvalue weighted by Gasteiger charge is 2.21. The van der Waals surface area contributed by atoms with Gasteiger partial charge in [-0.25, -0.2) is 0 Å². The van der Waals surface area contributed by atoms with E-state index in [-0.39, 0.29) is 11.8 Å². The molecular formula is C28H32N2O3. The summed E-state index contributed by atoms with van der Waals surface area (Å²) in [6.45, 7) is 8.13. The molecule has 3 rings (SSSR count). The van der Waals surface area contributed by atoms with Gasteiger partial charge >= 0.3 is 0 Å². The maximum atomic E-state index is 12.9. The van der Waals surface area contributed by atoms with E-state index in [4.69, 9.17) is 4.74 Å². The van der Waals surface area contributed by atoms with Gasteiger partial charge in [0.25, 0.3) is 11.8 Å². The molecule has 2 amide bonds. The molecule has 5 heteroatoms. The van der Waals surface area contributed by atoms with Gasteiger partial charge in [-0.1, -0.05) is 57.2 Å². The number of para-hydroxylation sites is 1. The third kappa shape index (κ3) is 6.22. The van der Waals surface area contributed by atoms with Gasteiger partial charge in [0, 0.05) is 16.9 Å². The third-order valence-corrected chi connectivity index (χ3v) is 5.79. The lowest BCUT2D eigenvalue weighted by molar-refractivity contribution is -0.122. The number of hydrogen-bond acceptors (Lipinski definition) is 3. The standard InChI is InChI=1S/C28H32N2O3/c1-5-19(3)23-12-9-10-14-26(23)33-25(6-2)28(32)30-22-17-15-21(16-18-22)29-27(31)24-13-8-7-11-20(24)4/h7-19,25H,5-6H2,1-4H3,(H,29,31)(H,30,32). The first-order chi connectivity index (χ1) is 15.9. The largest absolute Gasteiger partial charge is 0.480 e. The van der Waals surface area contributed by atoms with Crippen molar-refractivity contribution in [2.24, 2.45) is 0 Å². The van der Waals surface area contributed by atoms with Crippen molar-refractivity contribution < 1.29 is 14.3 Å². The monoisotopic (exact) mass is 444 g/mol. The van der Waals surface area contributed by atoms with E-state index in [2.05, 4.69) is 30.5 Å². The fourth-order valence-electron chi connectivity index (χ4n) is 3.58. The van der Waals surface area contributed by atoms with Crippen molar-refractivity contribution >= 4 is 23.2 Å². The van der Waals surface area contributed by atoms with Crippen LogP contribution in [0.4, 0.5) is 11.4 Å². The summed E-state index contributed by atoms with van der Waals surface area (Å²) >= 11 is 0. The van der Waals surface area contributed by atoms with Crippen LogP contribution < -0.4 is 15.4 Å². The van der Waals surface area contributed by atoms with Crippen LogP contribution in [0.2, 0.25) is 0 Å². The number of ether oxygens (including phenoxy) is 1. The predicted octanol–water partition coefficient (Wildman–Crippen LogP) is 6.56. The van der Waals surface area contributed by atoms with Gasteiger partial charge in [-0.05, 0) is 73.2 Å². The second kappa shape index (κ2) is 11.3. The minimum atomic E-state index is -0.601. The lowest BCUT2D eigenvalue weighted by Crippen LogP contribution is -2.32. The second-order valence-corrected chi connectivity index (χ2v) is 8.20. The van der Waals surface area contributed by atoms with Gasteiger partial charge in [0.15, 0.2) is 6.10 Å². The number of nitrogens with one attached hydrogen (secondary N) is 2. The maximum Gasteiger partial charge on any atom is 0.265 e. The summed E-state index contributed by atoms with van der Waals surface area (Å²) in [7, 11) is 0. The molecule has 2 N–H and O–H groups in total. The lowest BCUT2D eigenvalue weighted by atomic mass is 9.98. The van der Waals surface area contributed by atoms with Crippen LogP contribution in [-0.4, -0.2) is 17.9 Å². The Labute approximate surface area is 196 Å². The van der Waals surface area contributed by atoms with E-state index in [1.807, 2.05) is 50.2 Å². The summed E-state index contributed by atoms with van der Waals surface area (Å²) in [6, 6.07) is 22.4. The highest BCUT2D eigenvalue weighted by Crippen LogP contribution is 2.29. The number of carbonyl (C=O) groups is 2. The Morgan fingerprint density at radius 3 is 2.06 bits per heavy atom. The predicted molar refractivity (Wildman–Crippen MR) is 134 cm³/mol. The molecular weight excluding hydrogens is 412 g/mol. The average Bonchev–Trinajstić information content (AvgIpc) is 2.83. The van der Waals surface area contributed by atoms with Crippen LogP contribution in [0.25, 0.3) is 0 Å². The van der Waals surface area contributed by atoms with E-state index in [0.717, 1.165) is 23.3 Å². The summed E-state index contributed by atoms with van der Waals surface area (Å²) in [5.74, 6) is 0.741. The fourth-order valence-corrected chi connectivity index (χ4v) is 3.58. The van der Waals surface area contributed by atoms with Gasteiger partial charge in [-0.3, -0.25) is 9.59 Å². The number of aryl methyl sites for hydroxylation is 1. The molecule has 0 fully saturated rings. The zero-order valence-corrected chi connectivity index (χ0v) is 19.7. The molecule has 0 aliphatic rings. The number of rotatable bonds is 9. The third-order valence-electron chi connectivity index (χ3n) is 5.79. The molecule has 33 heavy (non-hydrogen) atoms. The molecule has 0 heterocycles. The molecule has 2 atom stereocenters. The van der Waals surface area contributed by atoms with Crippen LogP contribution in [-0.2, 0) is 4.79 Å². The molecule has 0 bridgehead atoms. The quantitative estimate of drug-likeness (QED) is 0.393. The Balaban J connectivity index is 1.64. The van der Waals surface area contributed by atoms with Crippen molar-refractivity contribution in [3.8, 4) is 5.75 Å². The van der Waals surface area contributed by atoms with Crippen molar-refractivity contribution in [2.45, 2.75) is 52.6 Å². The van der Waals surface area contributed by atoms with Crippen molar-refractivity contribution in [3.63, 3.8) is 0 Å². The summed E-state index contributed by atoms with van der Waals surface area (Å²) in [5, 5.41) is 5.81. The number of anilines is 2. The van der Waals surface area contributed by atoms with Crippen LogP contribution in [0.5, 0.6) is 5.75 Å². The topological polar surface area (TPSA) is 67.4 Å². The average molecular weight is 445 g/mol. The Bertz CT molecular complexity index is 1090. The van der Waals surface area contributed by atoms with E-state index in [1.54, 1.807) is 30.3 Å². The lowest BCUT2D eigenvalue weighted by Gasteiger charge is -2.21. The van der Waals surface area contributed by atoms with Crippen molar-refractivity contribution in [1.29, 1.82) is 0 Å². The minimum absolute atomic E-state index is 0.163. The Hall–Kier alpha value is -3.60. The number of benzene rings is 3. The first kappa shape index (κ1) is 24.1. The minimum Gasteiger partial charge on any atom is -0.480 e. The molecule has 3 aromatic rings. The molecule has 0 radical (unpaired) electrons. The molecule has 3 aromatic carbocycles. The molecule has 0 aromatic heterocycles. The number of hydrogen-bond donors (Lipinski definition) is 2. The fraction of sp³-hybridized carbons (Fsp3) is 0.286. The van der Waals surface area contributed by atoms with E-state index >= 15 is 0 Å². The van der Waals surface area contributed by atoms with E-state index in [1.165, 1.54) is 0 Å². The molecule has 0 spiro atoms. The molecule has 172 valence electrons. The summed E-state index contributed by atoms with van der Waals surface area (Å²) in [4.78, 5) is 25.4. The van der Waals surface area contributed by atoms with Crippen LogP contribution >= 0.6 is 0 Å². The van der Waals surface area contributed by atoms with Gasteiger partial charge in [0.05, 0.1) is 0 Å². The smallest absolute Gasteiger partial charge is 0.265 e. The van der Waals surface area contributed by atoms with Crippen molar-refractivity contribution in [2.75, 3.05) is 10.6 Å². The van der Waals surface area contributed by atoms with Gasteiger partial charge in [0.1, 0.15) is 5.75 Å². The number of amides is 2. The maximum absolute atomic E-state index is 12.9. The molecule has 0 aliphatic carbocycles. The zero-order valence-electron chi connectivity index (χ0n) is 19.7. The van der Waals surface area contributed by atoms with E-state index in [9.17, 15) is 9.59 Å².